The average Bonchev–Trinajstić information content (AvgIpc) is 3.42. The van der Waals surface area contributed by atoms with Crippen molar-refractivity contribution in [3.63, 3.8) is 0 Å². The normalized spacial score (nSPS) is 19.1. The van der Waals surface area contributed by atoms with Gasteiger partial charge in [-0.05, 0) is 37.8 Å². The van der Waals surface area contributed by atoms with Gasteiger partial charge >= 0.3 is 0 Å². The molecule has 0 radical (unpaired) electrons. The molecule has 1 aromatic heterocycles. The zero-order valence-corrected chi connectivity index (χ0v) is 16.9. The molecule has 2 aliphatic rings. The van der Waals surface area contributed by atoms with Crippen LogP contribution >= 0.6 is 11.6 Å². The molecule has 1 aliphatic heterocycles. The Balaban J connectivity index is 1.56. The van der Waals surface area contributed by atoms with Gasteiger partial charge in [0.05, 0.1) is 28.6 Å². The van der Waals surface area contributed by atoms with Gasteiger partial charge in [0.1, 0.15) is 0 Å². The van der Waals surface area contributed by atoms with Crippen molar-refractivity contribution in [2.45, 2.75) is 37.0 Å². The van der Waals surface area contributed by atoms with Gasteiger partial charge < -0.3 is 15.6 Å². The number of halogens is 1. The first kappa shape index (κ1) is 18.5. The van der Waals surface area contributed by atoms with E-state index in [-0.39, 0.29) is 5.25 Å². The van der Waals surface area contributed by atoms with Gasteiger partial charge in [-0.3, -0.25) is 8.89 Å². The van der Waals surface area contributed by atoms with Crippen LogP contribution in [0.25, 0.3) is 0 Å². The molecule has 0 amide bonds. The number of hydrogen-bond donors (Lipinski definition) is 2. The summed E-state index contributed by atoms with van der Waals surface area (Å²) < 4.78 is 13.7. The largest absolute Gasteiger partial charge is 0.370 e. The summed E-state index contributed by atoms with van der Waals surface area (Å²) >= 11 is 6.52. The molecule has 1 aliphatic carbocycles. The maximum Gasteiger partial charge on any atom is 0.0770 e. The van der Waals surface area contributed by atoms with E-state index in [0.29, 0.717) is 11.1 Å². The lowest BCUT2D eigenvalue weighted by Gasteiger charge is -2.33. The van der Waals surface area contributed by atoms with Crippen LogP contribution in [0.5, 0.6) is 0 Å². The van der Waals surface area contributed by atoms with Crippen LogP contribution in [-0.4, -0.2) is 44.8 Å². The van der Waals surface area contributed by atoms with Crippen molar-refractivity contribution < 1.29 is 4.21 Å². The van der Waals surface area contributed by atoms with Gasteiger partial charge in [-0.15, -0.1) is 0 Å². The van der Waals surface area contributed by atoms with Crippen LogP contribution < -0.4 is 10.2 Å². The molecule has 1 unspecified atom stereocenters. The zero-order chi connectivity index (χ0) is 19.0. The van der Waals surface area contributed by atoms with Gasteiger partial charge in [-0.1, -0.05) is 11.6 Å². The lowest BCUT2D eigenvalue weighted by molar-refractivity contribution is 0.572. The number of nitrogens with one attached hydrogen (secondary N) is 2. The summed E-state index contributed by atoms with van der Waals surface area (Å²) in [6.45, 7) is 1.68. The fourth-order valence-electron chi connectivity index (χ4n) is 3.57. The van der Waals surface area contributed by atoms with E-state index >= 15 is 0 Å². The molecular formula is C19H24ClN5OS. The Bertz CT molecular complexity index is 871. The molecule has 8 heteroatoms. The third-order valence-corrected chi connectivity index (χ3v) is 7.04. The Labute approximate surface area is 166 Å². The number of nitrogens with zero attached hydrogens (tertiary/aromatic N) is 3. The molecule has 1 atom stereocenters. The summed E-state index contributed by atoms with van der Waals surface area (Å²) in [6, 6.07) is 4.39. The quantitative estimate of drug-likeness (QED) is 0.713. The number of aromatic nitrogens is 2. The van der Waals surface area contributed by atoms with Crippen molar-refractivity contribution in [2.75, 3.05) is 29.6 Å². The summed E-state index contributed by atoms with van der Waals surface area (Å²) in [5.74, 6) is 0. The van der Waals surface area contributed by atoms with Crippen molar-refractivity contribution >= 4 is 45.7 Å². The van der Waals surface area contributed by atoms with E-state index in [1.54, 1.807) is 6.26 Å². The fraction of sp³-hybridized carbons (Fsp3) is 0.474. The molecule has 6 nitrogen and oxygen atoms in total. The molecular weight excluding hydrogens is 382 g/mol. The average molecular weight is 406 g/mol. The van der Waals surface area contributed by atoms with Crippen LogP contribution in [0.15, 0.2) is 24.5 Å². The highest BCUT2D eigenvalue weighted by molar-refractivity contribution is 7.84. The minimum absolute atomic E-state index is 0.270. The first-order valence-electron chi connectivity index (χ1n) is 9.27. The summed E-state index contributed by atoms with van der Waals surface area (Å²) in [5, 5.41) is 16.4. The third-order valence-electron chi connectivity index (χ3n) is 5.33. The molecule has 144 valence electrons. The predicted octanol–water partition coefficient (Wildman–Crippen LogP) is 3.96. The van der Waals surface area contributed by atoms with Crippen molar-refractivity contribution in [1.82, 2.24) is 9.78 Å². The van der Waals surface area contributed by atoms with Crippen molar-refractivity contribution in [3.05, 3.63) is 35.1 Å². The number of anilines is 3. The molecule has 0 bridgehead atoms. The van der Waals surface area contributed by atoms with E-state index in [1.807, 2.05) is 29.2 Å². The summed E-state index contributed by atoms with van der Waals surface area (Å²) in [6.07, 6.45) is 11.1. The fourth-order valence-corrected chi connectivity index (χ4v) is 4.74. The highest BCUT2D eigenvalue weighted by Gasteiger charge is 2.25. The summed E-state index contributed by atoms with van der Waals surface area (Å²) in [7, 11) is -0.772. The van der Waals surface area contributed by atoms with Crippen molar-refractivity contribution in [3.8, 4) is 0 Å². The topological polar surface area (TPSA) is 74.0 Å². The second-order valence-corrected chi connectivity index (χ2v) is 9.36. The number of piperidine rings is 1. The van der Waals surface area contributed by atoms with Crippen molar-refractivity contribution in [2.24, 2.45) is 0 Å². The van der Waals surface area contributed by atoms with Crippen LogP contribution in [0, 0.1) is 5.41 Å². The molecule has 1 saturated carbocycles. The molecule has 0 spiro atoms. The summed E-state index contributed by atoms with van der Waals surface area (Å²) in [4.78, 5) is 2.25. The lowest BCUT2D eigenvalue weighted by atomic mass is 10.1. The third kappa shape index (κ3) is 4.04. The number of benzene rings is 1. The van der Waals surface area contributed by atoms with Gasteiger partial charge in [-0.2, -0.15) is 5.10 Å². The minimum atomic E-state index is -0.772. The monoisotopic (exact) mass is 405 g/mol. The Morgan fingerprint density at radius 2 is 2.04 bits per heavy atom. The SMILES string of the molecule is CS(=O)C1CCN(c2cc(Nc3cnn(C4CC4)c3)c(C=N)cc2Cl)CC1. The predicted molar refractivity (Wildman–Crippen MR) is 112 cm³/mol. The minimum Gasteiger partial charge on any atom is -0.370 e. The second kappa shape index (κ2) is 7.64. The van der Waals surface area contributed by atoms with E-state index in [4.69, 9.17) is 17.0 Å². The van der Waals surface area contributed by atoms with Gasteiger partial charge in [0, 0.05) is 59.1 Å². The van der Waals surface area contributed by atoms with Crippen LogP contribution in [0.1, 0.15) is 37.3 Å². The smallest absolute Gasteiger partial charge is 0.0770 e. The van der Waals surface area contributed by atoms with Crippen molar-refractivity contribution in [1.29, 1.82) is 5.41 Å². The van der Waals surface area contributed by atoms with E-state index in [1.165, 1.54) is 19.1 Å². The molecule has 27 heavy (non-hydrogen) atoms. The van der Waals surface area contributed by atoms with Gasteiger partial charge in [-0.25, -0.2) is 0 Å². The van der Waals surface area contributed by atoms with Gasteiger partial charge in [0.25, 0.3) is 0 Å². The molecule has 2 heterocycles. The van der Waals surface area contributed by atoms with Crippen LogP contribution in [0.2, 0.25) is 5.02 Å². The maximum atomic E-state index is 11.7. The van der Waals surface area contributed by atoms with Gasteiger partial charge in [0.15, 0.2) is 0 Å². The molecule has 2 aromatic rings. The highest BCUT2D eigenvalue weighted by atomic mass is 35.5. The first-order chi connectivity index (χ1) is 13.0. The second-order valence-electron chi connectivity index (χ2n) is 7.29. The van der Waals surface area contributed by atoms with Crippen LogP contribution in [0.3, 0.4) is 0 Å². The van der Waals surface area contributed by atoms with Gasteiger partial charge in [0.2, 0.25) is 0 Å². The van der Waals surface area contributed by atoms with Crippen LogP contribution in [-0.2, 0) is 10.8 Å². The molecule has 2 N–H and O–H groups in total. The molecule has 1 saturated heterocycles. The molecule has 2 fully saturated rings. The summed E-state index contributed by atoms with van der Waals surface area (Å²) in [5.41, 5.74) is 3.46. The van der Waals surface area contributed by atoms with E-state index in [9.17, 15) is 4.21 Å². The standard InChI is InChI=1S/C19H24ClN5OS/c1-27(26)16-4-6-24(7-5-16)19-9-18(13(10-21)8-17(19)20)23-14-11-22-25(12-14)15-2-3-15/h8-12,15-16,21,23H,2-7H2,1H3. The Morgan fingerprint density at radius 1 is 1.30 bits per heavy atom. The Hall–Kier alpha value is -1.86. The Morgan fingerprint density at radius 3 is 2.67 bits per heavy atom. The van der Waals surface area contributed by atoms with E-state index in [2.05, 4.69) is 15.3 Å². The van der Waals surface area contributed by atoms with E-state index < -0.39 is 10.8 Å². The lowest BCUT2D eigenvalue weighted by Crippen LogP contribution is -2.37. The number of rotatable bonds is 6. The van der Waals surface area contributed by atoms with E-state index in [0.717, 1.165) is 48.6 Å². The Kier molecular flexibility index (Phi) is 5.23. The molecule has 4 rings (SSSR count). The maximum absolute atomic E-state index is 11.7. The zero-order valence-electron chi connectivity index (χ0n) is 15.3. The number of hydrogen-bond acceptors (Lipinski definition) is 5. The van der Waals surface area contributed by atoms with Crippen LogP contribution in [0.4, 0.5) is 17.1 Å². The molecule has 1 aromatic carbocycles. The first-order valence-corrected chi connectivity index (χ1v) is 11.3. The highest BCUT2D eigenvalue weighted by Crippen LogP contribution is 2.37.